The largest absolute Gasteiger partial charge is 0.481 e. The predicted molar refractivity (Wildman–Crippen MR) is 84.6 cm³/mol. The highest BCUT2D eigenvalue weighted by molar-refractivity contribution is 9.10. The van der Waals surface area contributed by atoms with E-state index >= 15 is 0 Å². The summed E-state index contributed by atoms with van der Waals surface area (Å²) in [6.07, 6.45) is 0.998. The summed E-state index contributed by atoms with van der Waals surface area (Å²) in [5.41, 5.74) is 4.80. The third kappa shape index (κ3) is 6.16. The van der Waals surface area contributed by atoms with E-state index in [4.69, 9.17) is 4.74 Å². The molecular formula is C15H21BrN2O3. The number of hydrazine groups is 1. The van der Waals surface area contributed by atoms with E-state index in [1.54, 1.807) is 19.1 Å². The number of nitrogens with one attached hydrogen (secondary N) is 2. The van der Waals surface area contributed by atoms with Crippen LogP contribution in [0.15, 0.2) is 28.7 Å². The summed E-state index contributed by atoms with van der Waals surface area (Å²) in [5.74, 6) is -0.138. The van der Waals surface area contributed by atoms with Crippen LogP contribution >= 0.6 is 15.9 Å². The first-order chi connectivity index (χ1) is 9.93. The molecule has 2 amide bonds. The quantitative estimate of drug-likeness (QED) is 0.770. The minimum absolute atomic E-state index is 0.128. The van der Waals surface area contributed by atoms with Crippen LogP contribution in [0.4, 0.5) is 0 Å². The summed E-state index contributed by atoms with van der Waals surface area (Å²) < 4.78 is 6.37. The standard InChI is InChI=1S/C15H21BrN2O3/c1-4-6-10(2)14(19)17-18-15(20)11(3)21-13-8-5-7-12(16)9-13/h5,7-11H,4,6H2,1-3H3,(H,17,19)(H,18,20). The van der Waals surface area contributed by atoms with E-state index < -0.39 is 12.0 Å². The molecule has 0 aliphatic heterocycles. The summed E-state index contributed by atoms with van der Waals surface area (Å²) in [5, 5.41) is 0. The van der Waals surface area contributed by atoms with Crippen LogP contribution in [-0.4, -0.2) is 17.9 Å². The average Bonchev–Trinajstić information content (AvgIpc) is 2.44. The Balaban J connectivity index is 2.43. The fourth-order valence-electron chi connectivity index (χ4n) is 1.71. The molecule has 1 rings (SSSR count). The average molecular weight is 357 g/mol. The molecule has 0 heterocycles. The second kappa shape index (κ2) is 8.67. The molecule has 6 heteroatoms. The first-order valence-corrected chi connectivity index (χ1v) is 7.75. The van der Waals surface area contributed by atoms with Crippen molar-refractivity contribution in [2.24, 2.45) is 5.92 Å². The van der Waals surface area contributed by atoms with Crippen LogP contribution in [0.25, 0.3) is 0 Å². The number of halogens is 1. The highest BCUT2D eigenvalue weighted by Crippen LogP contribution is 2.18. The van der Waals surface area contributed by atoms with Crippen molar-refractivity contribution in [1.29, 1.82) is 0 Å². The lowest BCUT2D eigenvalue weighted by molar-refractivity contribution is -0.134. The summed E-state index contributed by atoms with van der Waals surface area (Å²) in [7, 11) is 0. The van der Waals surface area contributed by atoms with Gasteiger partial charge in [0.15, 0.2) is 6.10 Å². The van der Waals surface area contributed by atoms with Crippen molar-refractivity contribution >= 4 is 27.7 Å². The van der Waals surface area contributed by atoms with Crippen molar-refractivity contribution in [3.63, 3.8) is 0 Å². The zero-order chi connectivity index (χ0) is 15.8. The second-order valence-corrected chi connectivity index (χ2v) is 5.80. The summed E-state index contributed by atoms with van der Waals surface area (Å²) in [6.45, 7) is 5.46. The minimum Gasteiger partial charge on any atom is -0.481 e. The van der Waals surface area contributed by atoms with E-state index in [0.29, 0.717) is 5.75 Å². The van der Waals surface area contributed by atoms with Gasteiger partial charge in [-0.3, -0.25) is 20.4 Å². The second-order valence-electron chi connectivity index (χ2n) is 4.89. The fourth-order valence-corrected chi connectivity index (χ4v) is 2.09. The van der Waals surface area contributed by atoms with Crippen LogP contribution in [0.1, 0.15) is 33.6 Å². The van der Waals surface area contributed by atoms with Gasteiger partial charge < -0.3 is 4.74 Å². The first-order valence-electron chi connectivity index (χ1n) is 6.96. The van der Waals surface area contributed by atoms with Gasteiger partial charge in [0.2, 0.25) is 5.91 Å². The van der Waals surface area contributed by atoms with Gasteiger partial charge in [0, 0.05) is 10.4 Å². The van der Waals surface area contributed by atoms with Crippen LogP contribution < -0.4 is 15.6 Å². The Labute approximate surface area is 133 Å². The van der Waals surface area contributed by atoms with E-state index in [-0.39, 0.29) is 11.8 Å². The Bertz CT molecular complexity index is 494. The number of carbonyl (C=O) groups excluding carboxylic acids is 2. The van der Waals surface area contributed by atoms with Gasteiger partial charge in [0.05, 0.1) is 0 Å². The SMILES string of the molecule is CCCC(C)C(=O)NNC(=O)C(C)Oc1cccc(Br)c1. The van der Waals surface area contributed by atoms with Crippen LogP contribution in [0.2, 0.25) is 0 Å². The molecule has 0 spiro atoms. The zero-order valence-corrected chi connectivity index (χ0v) is 14.1. The topological polar surface area (TPSA) is 67.4 Å². The fraction of sp³-hybridized carbons (Fsp3) is 0.467. The lowest BCUT2D eigenvalue weighted by Gasteiger charge is -2.16. The monoisotopic (exact) mass is 356 g/mol. The maximum Gasteiger partial charge on any atom is 0.279 e. The Morgan fingerprint density at radius 3 is 2.52 bits per heavy atom. The molecule has 1 aromatic carbocycles. The lowest BCUT2D eigenvalue weighted by Crippen LogP contribution is -2.48. The summed E-state index contributed by atoms with van der Waals surface area (Å²) in [6, 6.07) is 7.22. The molecule has 0 bridgehead atoms. The Hall–Kier alpha value is -1.56. The number of carbonyl (C=O) groups is 2. The Morgan fingerprint density at radius 2 is 1.90 bits per heavy atom. The third-order valence-corrected chi connectivity index (χ3v) is 3.45. The van der Waals surface area contributed by atoms with E-state index in [2.05, 4.69) is 26.8 Å². The van der Waals surface area contributed by atoms with E-state index in [0.717, 1.165) is 17.3 Å². The van der Waals surface area contributed by atoms with Gasteiger partial charge in [-0.05, 0) is 31.5 Å². The molecule has 0 saturated heterocycles. The van der Waals surface area contributed by atoms with Crippen LogP contribution in [0, 0.1) is 5.92 Å². The molecule has 0 aromatic heterocycles. The van der Waals surface area contributed by atoms with E-state index in [1.807, 2.05) is 26.0 Å². The van der Waals surface area contributed by atoms with Crippen molar-refractivity contribution in [3.8, 4) is 5.75 Å². The highest BCUT2D eigenvalue weighted by atomic mass is 79.9. The minimum atomic E-state index is -0.707. The number of hydrogen-bond donors (Lipinski definition) is 2. The molecule has 0 saturated carbocycles. The van der Waals surface area contributed by atoms with E-state index in [9.17, 15) is 9.59 Å². The van der Waals surface area contributed by atoms with Crippen LogP contribution in [0.5, 0.6) is 5.75 Å². The lowest BCUT2D eigenvalue weighted by atomic mass is 10.1. The van der Waals surface area contributed by atoms with Crippen LogP contribution in [0.3, 0.4) is 0 Å². The van der Waals surface area contributed by atoms with Gasteiger partial charge >= 0.3 is 0 Å². The zero-order valence-electron chi connectivity index (χ0n) is 12.5. The van der Waals surface area contributed by atoms with Gasteiger partial charge in [-0.1, -0.05) is 42.3 Å². The molecule has 2 unspecified atom stereocenters. The van der Waals surface area contributed by atoms with Crippen molar-refractivity contribution in [2.75, 3.05) is 0 Å². The van der Waals surface area contributed by atoms with Gasteiger partial charge in [-0.25, -0.2) is 0 Å². The molecule has 2 atom stereocenters. The molecule has 0 aliphatic carbocycles. The normalized spacial score (nSPS) is 13.1. The highest BCUT2D eigenvalue weighted by Gasteiger charge is 2.17. The summed E-state index contributed by atoms with van der Waals surface area (Å²) in [4.78, 5) is 23.5. The molecule has 1 aromatic rings. The molecule has 116 valence electrons. The Morgan fingerprint density at radius 1 is 1.24 bits per heavy atom. The van der Waals surface area contributed by atoms with Crippen LogP contribution in [-0.2, 0) is 9.59 Å². The van der Waals surface area contributed by atoms with Crippen molar-refractivity contribution in [3.05, 3.63) is 28.7 Å². The van der Waals surface area contributed by atoms with Gasteiger partial charge in [-0.2, -0.15) is 0 Å². The van der Waals surface area contributed by atoms with Gasteiger partial charge in [-0.15, -0.1) is 0 Å². The number of ether oxygens (including phenoxy) is 1. The number of rotatable bonds is 6. The maximum absolute atomic E-state index is 11.9. The smallest absolute Gasteiger partial charge is 0.279 e. The Kier molecular flexibility index (Phi) is 7.22. The molecular weight excluding hydrogens is 336 g/mol. The van der Waals surface area contributed by atoms with Crippen molar-refractivity contribution in [1.82, 2.24) is 10.9 Å². The summed E-state index contributed by atoms with van der Waals surface area (Å²) >= 11 is 3.33. The first kappa shape index (κ1) is 17.5. The number of amides is 2. The number of hydrogen-bond acceptors (Lipinski definition) is 3. The molecule has 5 nitrogen and oxygen atoms in total. The van der Waals surface area contributed by atoms with E-state index in [1.165, 1.54) is 0 Å². The van der Waals surface area contributed by atoms with Crippen molar-refractivity contribution < 1.29 is 14.3 Å². The third-order valence-electron chi connectivity index (χ3n) is 2.96. The predicted octanol–water partition coefficient (Wildman–Crippen LogP) is 2.80. The molecule has 0 radical (unpaired) electrons. The molecule has 21 heavy (non-hydrogen) atoms. The molecule has 2 N–H and O–H groups in total. The molecule has 0 fully saturated rings. The molecule has 0 aliphatic rings. The van der Waals surface area contributed by atoms with Gasteiger partial charge in [0.1, 0.15) is 5.75 Å². The van der Waals surface area contributed by atoms with Crippen molar-refractivity contribution in [2.45, 2.75) is 39.7 Å². The van der Waals surface area contributed by atoms with Gasteiger partial charge in [0.25, 0.3) is 5.91 Å². The number of benzene rings is 1. The maximum atomic E-state index is 11.9.